The van der Waals surface area contributed by atoms with Gasteiger partial charge in [0.25, 0.3) is 0 Å². The summed E-state index contributed by atoms with van der Waals surface area (Å²) < 4.78 is 15.1. The Kier molecular flexibility index (Phi) is 2.96. The summed E-state index contributed by atoms with van der Waals surface area (Å²) in [5, 5.41) is 0. The van der Waals surface area contributed by atoms with Gasteiger partial charge in [0, 0.05) is 7.11 Å². The Hall–Kier alpha value is 0.540. The lowest BCUT2D eigenvalue weighted by Crippen LogP contribution is -1.69. The monoisotopic (exact) mass is 139 g/mol. The van der Waals surface area contributed by atoms with Crippen LogP contribution in [-0.4, -0.2) is 13.4 Å². The second-order valence-corrected chi connectivity index (χ2v) is 5.69. The Bertz CT molecular complexity index is 84.9. The summed E-state index contributed by atoms with van der Waals surface area (Å²) in [6.45, 7) is 0.816. The highest BCUT2D eigenvalue weighted by molar-refractivity contribution is 8.56. The summed E-state index contributed by atoms with van der Waals surface area (Å²) in [6.07, 6.45) is 1.71. The second-order valence-electron chi connectivity index (χ2n) is 0.976. The van der Waals surface area contributed by atoms with Crippen molar-refractivity contribution in [3.63, 3.8) is 0 Å². The molecule has 0 spiro atoms. The van der Waals surface area contributed by atoms with Crippen molar-refractivity contribution in [2.45, 2.75) is 0 Å². The molecule has 44 valence electrons. The summed E-state index contributed by atoms with van der Waals surface area (Å²) >= 11 is 1.15. The van der Waals surface area contributed by atoms with Gasteiger partial charge in [-0.2, -0.15) is 0 Å². The van der Waals surface area contributed by atoms with Crippen LogP contribution in [0.25, 0.3) is 0 Å². The van der Waals surface area contributed by atoms with Crippen LogP contribution in [0.2, 0.25) is 0 Å². The molecule has 0 heterocycles. The molecule has 0 saturated heterocycles. The molecule has 0 N–H and O–H groups in total. The molecule has 0 amide bonds. The minimum atomic E-state index is -2.49. The van der Waals surface area contributed by atoms with Crippen molar-refractivity contribution in [3.05, 3.63) is 6.66 Å². The summed E-state index contributed by atoms with van der Waals surface area (Å²) in [5.74, 6) is 0. The van der Waals surface area contributed by atoms with E-state index in [9.17, 15) is 4.57 Å². The van der Waals surface area contributed by atoms with Gasteiger partial charge in [-0.25, -0.2) is 6.66 Å². The van der Waals surface area contributed by atoms with Crippen LogP contribution >= 0.6 is 18.0 Å². The lowest BCUT2D eigenvalue weighted by atomic mass is 11.8. The molecule has 0 fully saturated rings. The summed E-state index contributed by atoms with van der Waals surface area (Å²) in [6, 6.07) is 0. The maximum Gasteiger partial charge on any atom is 0.116 e. The third kappa shape index (κ3) is 3.15. The Labute approximate surface area is 47.8 Å². The first-order valence-electron chi connectivity index (χ1n) is 1.68. The van der Waals surface area contributed by atoms with E-state index in [1.54, 1.807) is 6.26 Å². The molecule has 2 nitrogen and oxygen atoms in total. The van der Waals surface area contributed by atoms with Crippen LogP contribution < -0.4 is 0 Å². The van der Waals surface area contributed by atoms with E-state index in [1.165, 1.54) is 7.11 Å². The highest BCUT2D eigenvalue weighted by Gasteiger charge is 1.98. The van der Waals surface area contributed by atoms with Crippen molar-refractivity contribution in [2.24, 2.45) is 0 Å². The topological polar surface area (TPSA) is 26.3 Å². The molecule has 0 saturated carbocycles. The maximum absolute atomic E-state index is 10.6. The van der Waals surface area contributed by atoms with Gasteiger partial charge in [-0.15, -0.1) is 11.4 Å². The molecule has 0 aliphatic rings. The zero-order valence-electron chi connectivity index (χ0n) is 4.38. The summed E-state index contributed by atoms with van der Waals surface area (Å²) in [4.78, 5) is 0. The molecule has 0 aromatic heterocycles. The Morgan fingerprint density at radius 1 is 1.86 bits per heavy atom. The quantitative estimate of drug-likeness (QED) is 0.432. The van der Waals surface area contributed by atoms with Crippen LogP contribution in [0.4, 0.5) is 0 Å². The highest BCUT2D eigenvalue weighted by Crippen LogP contribution is 2.55. The first kappa shape index (κ1) is 7.54. The maximum atomic E-state index is 10.6. The molecule has 1 atom stereocenters. The van der Waals surface area contributed by atoms with E-state index in [4.69, 9.17) is 0 Å². The minimum absolute atomic E-state index is 1.15. The first-order valence-corrected chi connectivity index (χ1v) is 5.32. The Balaban J connectivity index is 3.61. The second kappa shape index (κ2) is 2.75. The van der Waals surface area contributed by atoms with Crippen LogP contribution in [0.15, 0.2) is 0 Å². The standard InChI is InChI=1S/C3H8O2PS/c1-5-6(2,4)7-3/h2H2,1,3H3/q-1. The summed E-state index contributed by atoms with van der Waals surface area (Å²) in [5.41, 5.74) is 0. The van der Waals surface area contributed by atoms with Crippen LogP contribution in [0.1, 0.15) is 0 Å². The Morgan fingerprint density at radius 2 is 2.29 bits per heavy atom. The lowest BCUT2D eigenvalue weighted by Gasteiger charge is -2.11. The molecular formula is C3H8O2PS-. The predicted molar refractivity (Wildman–Crippen MR) is 33.5 cm³/mol. The normalized spacial score (nSPS) is 18.7. The van der Waals surface area contributed by atoms with Gasteiger partial charge in [0.1, 0.15) is 6.57 Å². The van der Waals surface area contributed by atoms with E-state index in [-0.39, 0.29) is 0 Å². The molecular weight excluding hydrogens is 131 g/mol. The van der Waals surface area contributed by atoms with Gasteiger partial charge >= 0.3 is 0 Å². The molecule has 0 radical (unpaired) electrons. The Morgan fingerprint density at radius 3 is 2.29 bits per heavy atom. The molecule has 0 bridgehead atoms. The van der Waals surface area contributed by atoms with Gasteiger partial charge in [-0.3, -0.25) is 0 Å². The zero-order valence-corrected chi connectivity index (χ0v) is 6.09. The third-order valence-electron chi connectivity index (χ3n) is 0.556. The minimum Gasteiger partial charge on any atom is -0.346 e. The van der Waals surface area contributed by atoms with Crippen molar-refractivity contribution in [1.82, 2.24) is 0 Å². The molecule has 0 aromatic carbocycles. The number of hydrogen-bond acceptors (Lipinski definition) is 3. The van der Waals surface area contributed by atoms with E-state index in [2.05, 4.69) is 11.2 Å². The molecule has 7 heavy (non-hydrogen) atoms. The molecule has 0 aliphatic heterocycles. The van der Waals surface area contributed by atoms with Gasteiger partial charge < -0.3 is 9.09 Å². The van der Waals surface area contributed by atoms with Gasteiger partial charge in [0.05, 0.1) is 0 Å². The van der Waals surface area contributed by atoms with E-state index < -0.39 is 6.57 Å². The van der Waals surface area contributed by atoms with Crippen molar-refractivity contribution in [3.8, 4) is 0 Å². The fraction of sp³-hybridized carbons (Fsp3) is 0.667. The molecule has 1 unspecified atom stereocenters. The summed E-state index contributed by atoms with van der Waals surface area (Å²) in [7, 11) is 1.39. The highest BCUT2D eigenvalue weighted by atomic mass is 32.7. The predicted octanol–water partition coefficient (Wildman–Crippen LogP) is 1.98. The van der Waals surface area contributed by atoms with Crippen molar-refractivity contribution < 1.29 is 9.09 Å². The van der Waals surface area contributed by atoms with Gasteiger partial charge in [-0.05, 0) is 6.26 Å². The van der Waals surface area contributed by atoms with Crippen LogP contribution in [-0.2, 0) is 9.09 Å². The fourth-order valence-corrected chi connectivity index (χ4v) is 0.671. The van der Waals surface area contributed by atoms with E-state index >= 15 is 0 Å². The smallest absolute Gasteiger partial charge is 0.116 e. The molecule has 4 heteroatoms. The third-order valence-corrected chi connectivity index (χ3v) is 3.79. The lowest BCUT2D eigenvalue weighted by molar-refractivity contribution is 0.417. The SMILES string of the molecule is [CH2-]P(=O)(OC)SC. The van der Waals surface area contributed by atoms with Gasteiger partial charge in [0.2, 0.25) is 0 Å². The van der Waals surface area contributed by atoms with E-state index in [1.807, 2.05) is 0 Å². The largest absolute Gasteiger partial charge is 0.346 e. The van der Waals surface area contributed by atoms with Crippen molar-refractivity contribution in [2.75, 3.05) is 13.4 Å². The van der Waals surface area contributed by atoms with Crippen molar-refractivity contribution in [1.29, 1.82) is 0 Å². The number of hydrogen-bond donors (Lipinski definition) is 0. The van der Waals surface area contributed by atoms with Gasteiger partial charge in [-0.1, -0.05) is 0 Å². The van der Waals surface area contributed by atoms with Crippen LogP contribution in [0.5, 0.6) is 0 Å². The average Bonchev–Trinajstić information content (AvgIpc) is 1.68. The first-order chi connectivity index (χ1) is 3.12. The van der Waals surface area contributed by atoms with E-state index in [0.29, 0.717) is 0 Å². The van der Waals surface area contributed by atoms with E-state index in [0.717, 1.165) is 11.4 Å². The molecule has 0 aromatic rings. The fourth-order valence-electron chi connectivity index (χ4n) is 0.0745. The van der Waals surface area contributed by atoms with Crippen LogP contribution in [0.3, 0.4) is 0 Å². The van der Waals surface area contributed by atoms with Gasteiger partial charge in [0.15, 0.2) is 0 Å². The zero-order chi connectivity index (χ0) is 5.91. The average molecular weight is 139 g/mol. The van der Waals surface area contributed by atoms with Crippen LogP contribution in [0, 0.1) is 6.66 Å². The molecule has 0 rings (SSSR count). The molecule has 0 aliphatic carbocycles. The number of rotatable bonds is 2. The van der Waals surface area contributed by atoms with Crippen molar-refractivity contribution >= 4 is 18.0 Å².